The smallest absolute Gasteiger partial charge is 0.338 e. The number of carbonyl (C=O) groups excluding carboxylic acids is 3. The Balaban J connectivity index is 1.56. The molecule has 0 aliphatic heterocycles. The summed E-state index contributed by atoms with van der Waals surface area (Å²) >= 11 is 0. The van der Waals surface area contributed by atoms with Crippen LogP contribution in [-0.2, 0) is 20.8 Å². The second-order valence-electron chi connectivity index (χ2n) is 6.94. The highest BCUT2D eigenvalue weighted by molar-refractivity contribution is 5.94. The third-order valence-electron chi connectivity index (χ3n) is 4.83. The molecule has 3 aromatic rings. The predicted molar refractivity (Wildman–Crippen MR) is 115 cm³/mol. The molecule has 3 rings (SSSR count). The quantitative estimate of drug-likeness (QED) is 0.544. The molecule has 0 aromatic heterocycles. The van der Waals surface area contributed by atoms with Gasteiger partial charge in [0.2, 0.25) is 0 Å². The molecule has 0 N–H and O–H groups in total. The molecule has 7 nitrogen and oxygen atoms in total. The minimum Gasteiger partial charge on any atom is -0.497 e. The van der Waals surface area contributed by atoms with Crippen LogP contribution in [0, 0.1) is 0 Å². The Hall–Kier alpha value is -3.87. The maximum Gasteiger partial charge on any atom is 0.338 e. The topological polar surface area (TPSA) is 82.1 Å². The van der Waals surface area contributed by atoms with Gasteiger partial charge in [0.15, 0.2) is 6.61 Å². The highest BCUT2D eigenvalue weighted by atomic mass is 16.5. The second-order valence-corrected chi connectivity index (χ2v) is 6.94. The van der Waals surface area contributed by atoms with Crippen LogP contribution in [-0.4, -0.2) is 50.6 Å². The van der Waals surface area contributed by atoms with Gasteiger partial charge in [0.25, 0.3) is 5.91 Å². The Bertz CT molecular complexity index is 1110. The third-order valence-corrected chi connectivity index (χ3v) is 4.83. The van der Waals surface area contributed by atoms with Crippen molar-refractivity contribution in [1.82, 2.24) is 4.90 Å². The Morgan fingerprint density at radius 3 is 2.06 bits per heavy atom. The molecular formula is C24H23NO6. The molecule has 7 heteroatoms. The second kappa shape index (κ2) is 9.75. The lowest BCUT2D eigenvalue weighted by atomic mass is 10.1. The fourth-order valence-corrected chi connectivity index (χ4v) is 3.04. The first-order valence-electron chi connectivity index (χ1n) is 9.57. The predicted octanol–water partition coefficient (Wildman–Crippen LogP) is 3.45. The molecule has 0 bridgehead atoms. The summed E-state index contributed by atoms with van der Waals surface area (Å²) in [4.78, 5) is 37.5. The highest BCUT2D eigenvalue weighted by Crippen LogP contribution is 2.22. The van der Waals surface area contributed by atoms with E-state index < -0.39 is 11.9 Å². The van der Waals surface area contributed by atoms with Gasteiger partial charge in [0, 0.05) is 13.6 Å². The molecule has 1 amide bonds. The first kappa shape index (κ1) is 21.8. The monoisotopic (exact) mass is 421 g/mol. The van der Waals surface area contributed by atoms with Gasteiger partial charge in [-0.15, -0.1) is 0 Å². The summed E-state index contributed by atoms with van der Waals surface area (Å²) in [6, 6.07) is 17.6. The lowest BCUT2D eigenvalue weighted by Crippen LogP contribution is -2.30. The van der Waals surface area contributed by atoms with Crippen molar-refractivity contribution < 1.29 is 28.6 Å². The van der Waals surface area contributed by atoms with Crippen LogP contribution in [0.3, 0.4) is 0 Å². The molecule has 3 aromatic carbocycles. The summed E-state index contributed by atoms with van der Waals surface area (Å²) in [5.41, 5.74) is 1.52. The minimum absolute atomic E-state index is 0.244. The average Bonchev–Trinajstić information content (AvgIpc) is 2.81. The van der Waals surface area contributed by atoms with E-state index in [1.54, 1.807) is 14.2 Å². The molecule has 0 radical (unpaired) electrons. The molecule has 0 heterocycles. The lowest BCUT2D eigenvalue weighted by Gasteiger charge is -2.17. The number of esters is 2. The lowest BCUT2D eigenvalue weighted by molar-refractivity contribution is -0.133. The Morgan fingerprint density at radius 2 is 1.42 bits per heavy atom. The minimum atomic E-state index is -0.641. The van der Waals surface area contributed by atoms with E-state index in [2.05, 4.69) is 4.74 Å². The first-order chi connectivity index (χ1) is 14.9. The molecule has 0 aliphatic rings. The molecule has 0 atom stereocenters. The number of carbonyl (C=O) groups is 3. The van der Waals surface area contributed by atoms with Crippen LogP contribution in [0.4, 0.5) is 0 Å². The van der Waals surface area contributed by atoms with E-state index >= 15 is 0 Å². The number of nitrogens with zero attached hydrogens (tertiary/aromatic N) is 1. The van der Waals surface area contributed by atoms with Crippen molar-refractivity contribution >= 4 is 28.6 Å². The molecule has 160 valence electrons. The maximum atomic E-state index is 12.4. The van der Waals surface area contributed by atoms with Gasteiger partial charge in [-0.3, -0.25) is 4.79 Å². The van der Waals surface area contributed by atoms with E-state index in [0.717, 1.165) is 22.1 Å². The Morgan fingerprint density at radius 1 is 0.806 bits per heavy atom. The van der Waals surface area contributed by atoms with Crippen LogP contribution >= 0.6 is 0 Å². The first-order valence-corrected chi connectivity index (χ1v) is 9.57. The summed E-state index contributed by atoms with van der Waals surface area (Å²) in [5, 5.41) is 2.09. The van der Waals surface area contributed by atoms with Gasteiger partial charge in [-0.2, -0.15) is 0 Å². The zero-order valence-corrected chi connectivity index (χ0v) is 17.6. The molecule has 31 heavy (non-hydrogen) atoms. The zero-order valence-electron chi connectivity index (χ0n) is 17.6. The van der Waals surface area contributed by atoms with Crippen LogP contribution in [0.2, 0.25) is 0 Å². The summed E-state index contributed by atoms with van der Waals surface area (Å²) in [7, 11) is 4.56. The summed E-state index contributed by atoms with van der Waals surface area (Å²) < 4.78 is 15.0. The van der Waals surface area contributed by atoms with Crippen molar-refractivity contribution in [2.45, 2.75) is 6.54 Å². The fourth-order valence-electron chi connectivity index (χ4n) is 3.04. The van der Waals surface area contributed by atoms with Gasteiger partial charge in [-0.1, -0.05) is 18.2 Å². The van der Waals surface area contributed by atoms with E-state index in [0.29, 0.717) is 12.1 Å². The van der Waals surface area contributed by atoms with Gasteiger partial charge < -0.3 is 19.1 Å². The van der Waals surface area contributed by atoms with Crippen molar-refractivity contribution in [3.05, 3.63) is 77.4 Å². The number of methoxy groups -OCH3 is 2. The largest absolute Gasteiger partial charge is 0.497 e. The molecule has 0 saturated carbocycles. The van der Waals surface area contributed by atoms with Crippen LogP contribution < -0.4 is 4.74 Å². The number of fused-ring (bicyclic) bond motifs is 1. The number of ether oxygens (including phenoxy) is 3. The maximum absolute atomic E-state index is 12.4. The number of hydrogen-bond donors (Lipinski definition) is 0. The van der Waals surface area contributed by atoms with Crippen molar-refractivity contribution in [3.63, 3.8) is 0 Å². The number of benzene rings is 3. The van der Waals surface area contributed by atoms with Gasteiger partial charge in [-0.05, 0) is 58.8 Å². The van der Waals surface area contributed by atoms with E-state index in [9.17, 15) is 14.4 Å². The van der Waals surface area contributed by atoms with Crippen LogP contribution in [0.25, 0.3) is 10.8 Å². The molecule has 0 spiro atoms. The van der Waals surface area contributed by atoms with Crippen LogP contribution in [0.5, 0.6) is 5.75 Å². The number of amides is 1. The molecular weight excluding hydrogens is 398 g/mol. The van der Waals surface area contributed by atoms with E-state index in [1.165, 1.54) is 36.3 Å². The van der Waals surface area contributed by atoms with Crippen LogP contribution in [0.1, 0.15) is 26.3 Å². The molecule has 0 unspecified atom stereocenters. The van der Waals surface area contributed by atoms with Crippen LogP contribution in [0.15, 0.2) is 60.7 Å². The molecule has 0 aliphatic carbocycles. The van der Waals surface area contributed by atoms with Gasteiger partial charge in [0.05, 0.1) is 25.3 Å². The third kappa shape index (κ3) is 5.39. The standard InChI is InChI=1S/C24H23NO6/c1-25(14-16-4-5-20-13-21(29-2)11-10-19(20)12-16)22(26)15-31-24(28)18-8-6-17(7-9-18)23(27)30-3/h4-13H,14-15H2,1-3H3. The Kier molecular flexibility index (Phi) is 6.87. The Labute approximate surface area is 180 Å². The number of rotatable bonds is 7. The van der Waals surface area contributed by atoms with Crippen molar-refractivity contribution in [2.24, 2.45) is 0 Å². The van der Waals surface area contributed by atoms with Crippen molar-refractivity contribution in [1.29, 1.82) is 0 Å². The summed E-state index contributed by atoms with van der Waals surface area (Å²) in [5.74, 6) is -0.675. The summed E-state index contributed by atoms with van der Waals surface area (Å²) in [6.07, 6.45) is 0. The van der Waals surface area contributed by atoms with E-state index in [4.69, 9.17) is 9.47 Å². The molecule has 0 saturated heterocycles. The van der Waals surface area contributed by atoms with Crippen molar-refractivity contribution in [2.75, 3.05) is 27.9 Å². The molecule has 0 fully saturated rings. The van der Waals surface area contributed by atoms with E-state index in [-0.39, 0.29) is 18.1 Å². The SMILES string of the molecule is COC(=O)c1ccc(C(=O)OCC(=O)N(C)Cc2ccc3cc(OC)ccc3c2)cc1. The summed E-state index contributed by atoms with van der Waals surface area (Å²) in [6.45, 7) is 0.00501. The van der Waals surface area contributed by atoms with Gasteiger partial charge in [0.1, 0.15) is 5.75 Å². The van der Waals surface area contributed by atoms with Gasteiger partial charge in [-0.25, -0.2) is 9.59 Å². The fraction of sp³-hybridized carbons (Fsp3) is 0.208. The zero-order chi connectivity index (χ0) is 22.4. The highest BCUT2D eigenvalue weighted by Gasteiger charge is 2.15. The van der Waals surface area contributed by atoms with Crippen molar-refractivity contribution in [3.8, 4) is 5.75 Å². The average molecular weight is 421 g/mol. The number of hydrogen-bond acceptors (Lipinski definition) is 6. The number of likely N-dealkylation sites (N-methyl/N-ethyl adjacent to an activating group) is 1. The normalized spacial score (nSPS) is 10.4. The van der Waals surface area contributed by atoms with E-state index in [1.807, 2.05) is 36.4 Å². The van der Waals surface area contributed by atoms with Gasteiger partial charge >= 0.3 is 11.9 Å².